The van der Waals surface area contributed by atoms with Crippen LogP contribution in [-0.2, 0) is 4.74 Å². The summed E-state index contributed by atoms with van der Waals surface area (Å²) in [4.78, 5) is 18.9. The Morgan fingerprint density at radius 3 is 2.80 bits per heavy atom. The van der Waals surface area contributed by atoms with Crippen molar-refractivity contribution in [3.05, 3.63) is 41.0 Å². The zero-order chi connectivity index (χ0) is 17.8. The summed E-state index contributed by atoms with van der Waals surface area (Å²) in [6.45, 7) is 9.42. The largest absolute Gasteiger partial charge is 0.378 e. The van der Waals surface area contributed by atoms with Crippen molar-refractivity contribution in [3.63, 3.8) is 0 Å². The lowest BCUT2D eigenvalue weighted by atomic mass is 9.99. The molecule has 7 nitrogen and oxygen atoms in total. The molecule has 0 aliphatic carbocycles. The van der Waals surface area contributed by atoms with Gasteiger partial charge >= 0.3 is 0 Å². The molecular weight excluding hydrogens is 320 g/mol. The Morgan fingerprint density at radius 1 is 1.36 bits per heavy atom. The highest BCUT2D eigenvalue weighted by Gasteiger charge is 2.18. The number of morpholine rings is 1. The molecule has 1 saturated heterocycles. The van der Waals surface area contributed by atoms with Gasteiger partial charge in [0.1, 0.15) is 11.5 Å². The van der Waals surface area contributed by atoms with Gasteiger partial charge in [-0.05, 0) is 26.0 Å². The quantitative estimate of drug-likeness (QED) is 0.894. The van der Waals surface area contributed by atoms with Crippen molar-refractivity contribution in [2.75, 3.05) is 37.7 Å². The maximum absolute atomic E-state index is 12.5. The maximum Gasteiger partial charge on any atom is 0.269 e. The van der Waals surface area contributed by atoms with E-state index >= 15 is 0 Å². The van der Waals surface area contributed by atoms with Gasteiger partial charge in [0.25, 0.3) is 5.91 Å². The minimum Gasteiger partial charge on any atom is -0.378 e. The summed E-state index contributed by atoms with van der Waals surface area (Å²) in [6.07, 6.45) is 1.68. The average Bonchev–Trinajstić information content (AvgIpc) is 2.99. The van der Waals surface area contributed by atoms with E-state index in [9.17, 15) is 4.79 Å². The number of pyridine rings is 1. The molecule has 1 N–H and O–H groups in total. The summed E-state index contributed by atoms with van der Waals surface area (Å²) in [6, 6.07) is 3.76. The third kappa shape index (κ3) is 3.99. The Hall–Kier alpha value is -2.41. The summed E-state index contributed by atoms with van der Waals surface area (Å²) in [5, 5.41) is 6.93. The van der Waals surface area contributed by atoms with Crippen LogP contribution in [0.3, 0.4) is 0 Å². The maximum atomic E-state index is 12.5. The number of nitrogens with zero attached hydrogens (tertiary/aromatic N) is 3. The van der Waals surface area contributed by atoms with Gasteiger partial charge in [0, 0.05) is 43.0 Å². The molecule has 1 aliphatic rings. The number of carbonyl (C=O) groups excluding carboxylic acids is 1. The van der Waals surface area contributed by atoms with Crippen molar-refractivity contribution in [1.29, 1.82) is 0 Å². The molecule has 2 aromatic rings. The zero-order valence-electron chi connectivity index (χ0n) is 14.9. The van der Waals surface area contributed by atoms with E-state index < -0.39 is 0 Å². The van der Waals surface area contributed by atoms with Crippen LogP contribution in [-0.4, -0.2) is 48.9 Å². The minimum atomic E-state index is -0.172. The van der Waals surface area contributed by atoms with Crippen LogP contribution >= 0.6 is 0 Å². The molecule has 3 rings (SSSR count). The fraction of sp³-hybridized carbons (Fsp3) is 0.500. The number of hydrogen-bond acceptors (Lipinski definition) is 6. The van der Waals surface area contributed by atoms with Crippen LogP contribution in [0.2, 0.25) is 0 Å². The lowest BCUT2D eigenvalue weighted by Gasteiger charge is -2.28. The van der Waals surface area contributed by atoms with Crippen molar-refractivity contribution in [2.45, 2.75) is 26.7 Å². The van der Waals surface area contributed by atoms with E-state index in [1.54, 1.807) is 6.20 Å². The zero-order valence-corrected chi connectivity index (χ0v) is 14.9. The van der Waals surface area contributed by atoms with Crippen molar-refractivity contribution in [1.82, 2.24) is 15.5 Å². The van der Waals surface area contributed by atoms with E-state index in [-0.39, 0.29) is 11.8 Å². The highest BCUT2D eigenvalue weighted by Crippen LogP contribution is 2.22. The molecule has 0 bridgehead atoms. The second-order valence-electron chi connectivity index (χ2n) is 6.35. The Bertz CT molecular complexity index is 718. The third-order valence-electron chi connectivity index (χ3n) is 4.50. The molecule has 25 heavy (non-hydrogen) atoms. The molecule has 134 valence electrons. The van der Waals surface area contributed by atoms with E-state index in [4.69, 9.17) is 9.26 Å². The van der Waals surface area contributed by atoms with Gasteiger partial charge in [-0.2, -0.15) is 0 Å². The number of hydrogen-bond donors (Lipinski definition) is 1. The Balaban J connectivity index is 1.63. The van der Waals surface area contributed by atoms with Crippen LogP contribution in [0.15, 0.2) is 22.9 Å². The standard InChI is InChI=1S/C18H24N4O3/c1-12(17-13(2)21-25-14(17)3)11-20-18(23)16-10-15(4-5-19-16)22-6-8-24-9-7-22/h4-5,10,12H,6-9,11H2,1-3H3,(H,20,23)/t12-/m0/s1. The number of anilines is 1. The second-order valence-corrected chi connectivity index (χ2v) is 6.35. The lowest BCUT2D eigenvalue weighted by Crippen LogP contribution is -2.36. The van der Waals surface area contributed by atoms with Gasteiger partial charge in [-0.15, -0.1) is 0 Å². The number of ether oxygens (including phenoxy) is 1. The summed E-state index contributed by atoms with van der Waals surface area (Å²) in [5.74, 6) is 0.748. The highest BCUT2D eigenvalue weighted by atomic mass is 16.5. The fourth-order valence-electron chi connectivity index (χ4n) is 3.19. The van der Waals surface area contributed by atoms with E-state index in [1.807, 2.05) is 32.9 Å². The molecule has 3 heterocycles. The number of aromatic nitrogens is 2. The molecule has 0 radical (unpaired) electrons. The average molecular weight is 344 g/mol. The topological polar surface area (TPSA) is 80.5 Å². The predicted molar refractivity (Wildman–Crippen MR) is 94.0 cm³/mol. The van der Waals surface area contributed by atoms with Gasteiger partial charge in [-0.1, -0.05) is 12.1 Å². The van der Waals surface area contributed by atoms with Crippen LogP contribution in [0.1, 0.15) is 40.3 Å². The number of nitrogens with one attached hydrogen (secondary N) is 1. The molecule has 1 fully saturated rings. The molecule has 2 aromatic heterocycles. The molecule has 1 atom stereocenters. The Morgan fingerprint density at radius 2 is 2.12 bits per heavy atom. The first-order valence-corrected chi connectivity index (χ1v) is 8.56. The van der Waals surface area contributed by atoms with Gasteiger partial charge in [0.2, 0.25) is 0 Å². The van der Waals surface area contributed by atoms with E-state index in [0.717, 1.165) is 35.8 Å². The fourth-order valence-corrected chi connectivity index (χ4v) is 3.19. The lowest BCUT2D eigenvalue weighted by molar-refractivity contribution is 0.0946. The molecular formula is C18H24N4O3. The van der Waals surface area contributed by atoms with E-state index in [2.05, 4.69) is 20.4 Å². The first-order chi connectivity index (χ1) is 12.1. The van der Waals surface area contributed by atoms with Crippen LogP contribution in [0.25, 0.3) is 0 Å². The second kappa shape index (κ2) is 7.65. The molecule has 0 saturated carbocycles. The molecule has 0 unspecified atom stereocenters. The SMILES string of the molecule is Cc1noc(C)c1[C@@H](C)CNC(=O)c1cc(N2CCOCC2)ccn1. The molecule has 1 amide bonds. The van der Waals surface area contributed by atoms with Crippen LogP contribution in [0.4, 0.5) is 5.69 Å². The molecule has 7 heteroatoms. The minimum absolute atomic E-state index is 0.123. The monoisotopic (exact) mass is 344 g/mol. The van der Waals surface area contributed by atoms with Gasteiger partial charge < -0.3 is 19.5 Å². The summed E-state index contributed by atoms with van der Waals surface area (Å²) in [7, 11) is 0. The summed E-state index contributed by atoms with van der Waals surface area (Å²) < 4.78 is 10.6. The van der Waals surface area contributed by atoms with Gasteiger partial charge in [-0.25, -0.2) is 0 Å². The molecule has 0 aromatic carbocycles. The highest BCUT2D eigenvalue weighted by molar-refractivity contribution is 5.93. The summed E-state index contributed by atoms with van der Waals surface area (Å²) >= 11 is 0. The number of aryl methyl sites for hydroxylation is 2. The summed E-state index contributed by atoms with van der Waals surface area (Å²) in [5.41, 5.74) is 3.35. The number of amides is 1. The normalized spacial score (nSPS) is 15.9. The van der Waals surface area contributed by atoms with Gasteiger partial charge in [0.15, 0.2) is 0 Å². The first kappa shape index (κ1) is 17.4. The number of carbonyl (C=O) groups is 1. The van der Waals surface area contributed by atoms with Gasteiger partial charge in [-0.3, -0.25) is 9.78 Å². The van der Waals surface area contributed by atoms with Crippen LogP contribution in [0.5, 0.6) is 0 Å². The van der Waals surface area contributed by atoms with Crippen molar-refractivity contribution in [3.8, 4) is 0 Å². The van der Waals surface area contributed by atoms with E-state index in [1.165, 1.54) is 0 Å². The first-order valence-electron chi connectivity index (χ1n) is 8.56. The van der Waals surface area contributed by atoms with Gasteiger partial charge in [0.05, 0.1) is 18.9 Å². The Kier molecular flexibility index (Phi) is 5.33. The van der Waals surface area contributed by atoms with E-state index in [0.29, 0.717) is 25.5 Å². The van der Waals surface area contributed by atoms with Crippen molar-refractivity contribution in [2.24, 2.45) is 0 Å². The van der Waals surface area contributed by atoms with Crippen LogP contribution in [0, 0.1) is 13.8 Å². The third-order valence-corrected chi connectivity index (χ3v) is 4.50. The molecule has 1 aliphatic heterocycles. The van der Waals surface area contributed by atoms with Crippen molar-refractivity contribution >= 4 is 11.6 Å². The van der Waals surface area contributed by atoms with Crippen LogP contribution < -0.4 is 10.2 Å². The predicted octanol–water partition coefficient (Wildman–Crippen LogP) is 2.06. The molecule has 0 spiro atoms. The number of rotatable bonds is 5. The van der Waals surface area contributed by atoms with Crippen molar-refractivity contribution < 1.29 is 14.1 Å². The Labute approximate surface area is 147 Å². The smallest absolute Gasteiger partial charge is 0.269 e.